The number of hydrogen-bond donors (Lipinski definition) is 0. The average molecular weight is 349 g/mol. The fourth-order valence-electron chi connectivity index (χ4n) is 3.40. The van der Waals surface area contributed by atoms with Crippen molar-refractivity contribution in [2.75, 3.05) is 11.4 Å². The van der Waals surface area contributed by atoms with Crippen molar-refractivity contribution in [3.8, 4) is 0 Å². The zero-order chi connectivity index (χ0) is 18.0. The van der Waals surface area contributed by atoms with E-state index in [9.17, 15) is 8.78 Å². The zero-order valence-corrected chi connectivity index (χ0v) is 15.0. The lowest BCUT2D eigenvalue weighted by Gasteiger charge is -2.26. The van der Waals surface area contributed by atoms with Gasteiger partial charge in [0.1, 0.15) is 5.82 Å². The molecule has 25 heavy (non-hydrogen) atoms. The molecule has 1 unspecified atom stereocenters. The minimum atomic E-state index is -2.54. The molecule has 0 bridgehead atoms. The molecule has 1 aliphatic rings. The van der Waals surface area contributed by atoms with Gasteiger partial charge in [-0.15, -0.1) is 0 Å². The third-order valence-corrected chi connectivity index (χ3v) is 5.14. The molecule has 0 spiro atoms. The third kappa shape index (κ3) is 3.96. The van der Waals surface area contributed by atoms with Crippen LogP contribution >= 0.6 is 0 Å². The second-order valence-corrected chi connectivity index (χ2v) is 6.91. The normalized spacial score (nSPS) is 19.3. The number of alkyl halides is 2. The highest BCUT2D eigenvalue weighted by Crippen LogP contribution is 2.42. The Morgan fingerprint density at radius 1 is 1.32 bits per heavy atom. The molecule has 2 aromatic rings. The fraction of sp³-hybridized carbons (Fsp3) is 0.611. The number of rotatable bonds is 6. The van der Waals surface area contributed by atoms with Crippen molar-refractivity contribution in [1.29, 1.82) is 0 Å². The second kappa shape index (κ2) is 7.06. The van der Waals surface area contributed by atoms with Gasteiger partial charge in [-0.25, -0.2) is 23.7 Å². The summed E-state index contributed by atoms with van der Waals surface area (Å²) in [4.78, 5) is 15.1. The number of aryl methyl sites for hydroxylation is 2. The lowest BCUT2D eigenvalue weighted by atomic mass is 10.0. The summed E-state index contributed by atoms with van der Waals surface area (Å²) in [6, 6.07) is 1.83. The molecule has 2 aromatic heterocycles. The molecular formula is C18H25F2N5. The molecule has 136 valence electrons. The van der Waals surface area contributed by atoms with Crippen molar-refractivity contribution in [3.05, 3.63) is 35.7 Å². The van der Waals surface area contributed by atoms with Crippen molar-refractivity contribution in [2.24, 2.45) is 13.0 Å². The molecule has 1 atom stereocenters. The monoisotopic (exact) mass is 349 g/mol. The Hall–Kier alpha value is -2.05. The average Bonchev–Trinajstić information content (AvgIpc) is 3.06. The van der Waals surface area contributed by atoms with Crippen LogP contribution in [-0.4, -0.2) is 32.0 Å². The summed E-state index contributed by atoms with van der Waals surface area (Å²) >= 11 is 0. The SMILES string of the molecule is Cc1ccnc(N(CCC2CCCC2(F)F)Cc2cnc(C)n2C)n1. The molecule has 1 saturated carbocycles. The molecule has 0 radical (unpaired) electrons. The van der Waals surface area contributed by atoms with Crippen LogP contribution in [0.1, 0.15) is 42.9 Å². The van der Waals surface area contributed by atoms with Crippen molar-refractivity contribution >= 4 is 5.95 Å². The van der Waals surface area contributed by atoms with Crippen molar-refractivity contribution < 1.29 is 8.78 Å². The standard InChI is InChI=1S/C18H25F2N5/c1-13-6-9-21-17(23-13)25(12-16-11-22-14(2)24(16)3)10-7-15-5-4-8-18(15,19)20/h6,9,11,15H,4-5,7-8,10,12H2,1-3H3. The summed E-state index contributed by atoms with van der Waals surface area (Å²) in [5.41, 5.74) is 1.88. The second-order valence-electron chi connectivity index (χ2n) is 6.91. The maximum Gasteiger partial charge on any atom is 0.251 e. The lowest BCUT2D eigenvalue weighted by molar-refractivity contribution is -0.0386. The van der Waals surface area contributed by atoms with Crippen LogP contribution in [0.4, 0.5) is 14.7 Å². The third-order valence-electron chi connectivity index (χ3n) is 5.14. The first kappa shape index (κ1) is 17.8. The summed E-state index contributed by atoms with van der Waals surface area (Å²) in [6.07, 6.45) is 5.20. The summed E-state index contributed by atoms with van der Waals surface area (Å²) in [7, 11) is 1.96. The largest absolute Gasteiger partial charge is 0.335 e. The van der Waals surface area contributed by atoms with E-state index in [1.54, 1.807) is 6.20 Å². The van der Waals surface area contributed by atoms with Crippen LogP contribution in [0, 0.1) is 19.8 Å². The predicted molar refractivity (Wildman–Crippen MR) is 92.7 cm³/mol. The van der Waals surface area contributed by atoms with Gasteiger partial charge < -0.3 is 9.47 Å². The zero-order valence-electron chi connectivity index (χ0n) is 15.0. The minimum Gasteiger partial charge on any atom is -0.335 e. The number of imidazole rings is 1. The van der Waals surface area contributed by atoms with Crippen LogP contribution in [0.3, 0.4) is 0 Å². The fourth-order valence-corrected chi connectivity index (χ4v) is 3.40. The van der Waals surface area contributed by atoms with Crippen molar-refractivity contribution in [3.63, 3.8) is 0 Å². The Balaban J connectivity index is 1.78. The molecule has 0 aliphatic heterocycles. The predicted octanol–water partition coefficient (Wildman–Crippen LogP) is 3.66. The van der Waals surface area contributed by atoms with Crippen LogP contribution in [0.5, 0.6) is 0 Å². The van der Waals surface area contributed by atoms with Gasteiger partial charge in [0.15, 0.2) is 0 Å². The smallest absolute Gasteiger partial charge is 0.251 e. The highest BCUT2D eigenvalue weighted by atomic mass is 19.3. The Labute approximate surface area is 147 Å². The van der Waals surface area contributed by atoms with Gasteiger partial charge in [0, 0.05) is 37.8 Å². The van der Waals surface area contributed by atoms with Crippen LogP contribution < -0.4 is 4.90 Å². The Morgan fingerprint density at radius 2 is 2.12 bits per heavy atom. The molecule has 3 rings (SSSR count). The number of anilines is 1. The van der Waals surface area contributed by atoms with Gasteiger partial charge in [-0.2, -0.15) is 0 Å². The number of aromatic nitrogens is 4. The first-order chi connectivity index (χ1) is 11.9. The van der Waals surface area contributed by atoms with Crippen LogP contribution in [0.25, 0.3) is 0 Å². The van der Waals surface area contributed by atoms with E-state index in [1.807, 2.05) is 42.6 Å². The summed E-state index contributed by atoms with van der Waals surface area (Å²) in [6.45, 7) is 4.91. The van der Waals surface area contributed by atoms with E-state index in [0.29, 0.717) is 38.3 Å². The van der Waals surface area contributed by atoms with E-state index >= 15 is 0 Å². The Morgan fingerprint density at radius 3 is 2.72 bits per heavy atom. The maximum atomic E-state index is 14.0. The maximum absolute atomic E-state index is 14.0. The Bertz CT molecular complexity index is 728. The van der Waals surface area contributed by atoms with E-state index in [-0.39, 0.29) is 6.42 Å². The van der Waals surface area contributed by atoms with Crippen LogP contribution in [0.2, 0.25) is 0 Å². The number of halogens is 2. The van der Waals surface area contributed by atoms with E-state index < -0.39 is 11.8 Å². The van der Waals surface area contributed by atoms with Crippen LogP contribution in [0.15, 0.2) is 18.5 Å². The van der Waals surface area contributed by atoms with Gasteiger partial charge in [-0.05, 0) is 39.2 Å². The van der Waals surface area contributed by atoms with Gasteiger partial charge in [-0.3, -0.25) is 0 Å². The van der Waals surface area contributed by atoms with Gasteiger partial charge in [0.2, 0.25) is 5.95 Å². The molecule has 7 heteroatoms. The molecule has 0 saturated heterocycles. The molecule has 2 heterocycles. The minimum absolute atomic E-state index is 0.0134. The van der Waals surface area contributed by atoms with Gasteiger partial charge in [0.05, 0.1) is 18.4 Å². The summed E-state index contributed by atoms with van der Waals surface area (Å²) < 4.78 is 29.9. The lowest BCUT2D eigenvalue weighted by Crippen LogP contribution is -2.31. The van der Waals surface area contributed by atoms with E-state index in [2.05, 4.69) is 15.0 Å². The molecule has 1 fully saturated rings. The van der Waals surface area contributed by atoms with Crippen molar-refractivity contribution in [1.82, 2.24) is 19.5 Å². The van der Waals surface area contributed by atoms with Crippen molar-refractivity contribution in [2.45, 2.75) is 52.0 Å². The van der Waals surface area contributed by atoms with Gasteiger partial charge >= 0.3 is 0 Å². The number of hydrogen-bond acceptors (Lipinski definition) is 4. The van der Waals surface area contributed by atoms with E-state index in [1.165, 1.54) is 0 Å². The highest BCUT2D eigenvalue weighted by Gasteiger charge is 2.43. The quantitative estimate of drug-likeness (QED) is 0.798. The van der Waals surface area contributed by atoms with Gasteiger partial charge in [0.25, 0.3) is 5.92 Å². The van der Waals surface area contributed by atoms with Crippen LogP contribution in [-0.2, 0) is 13.6 Å². The Kier molecular flexibility index (Phi) is 5.01. The molecule has 0 amide bonds. The molecular weight excluding hydrogens is 324 g/mol. The molecule has 0 aromatic carbocycles. The highest BCUT2D eigenvalue weighted by molar-refractivity contribution is 5.31. The molecule has 0 N–H and O–H groups in total. The summed E-state index contributed by atoms with van der Waals surface area (Å²) in [5, 5.41) is 0. The summed E-state index contributed by atoms with van der Waals surface area (Å²) in [5.74, 6) is -1.59. The van der Waals surface area contributed by atoms with Gasteiger partial charge in [-0.1, -0.05) is 0 Å². The molecule has 1 aliphatic carbocycles. The first-order valence-electron chi connectivity index (χ1n) is 8.76. The van der Waals surface area contributed by atoms with E-state index in [0.717, 1.165) is 17.2 Å². The first-order valence-corrected chi connectivity index (χ1v) is 8.76. The topological polar surface area (TPSA) is 46.8 Å². The number of nitrogens with zero attached hydrogens (tertiary/aromatic N) is 5. The molecule has 5 nitrogen and oxygen atoms in total. The van der Waals surface area contributed by atoms with E-state index in [4.69, 9.17) is 0 Å².